The van der Waals surface area contributed by atoms with E-state index in [0.717, 1.165) is 25.6 Å². The van der Waals surface area contributed by atoms with Crippen molar-refractivity contribution in [1.29, 1.82) is 0 Å². The molecule has 1 aromatic rings. The molecule has 1 aliphatic heterocycles. The number of anilines is 1. The van der Waals surface area contributed by atoms with Gasteiger partial charge in [0, 0.05) is 36.4 Å². The first kappa shape index (κ1) is 14.1. The highest BCUT2D eigenvalue weighted by Gasteiger charge is 2.34. The first-order valence-corrected chi connectivity index (χ1v) is 7.54. The van der Waals surface area contributed by atoms with E-state index >= 15 is 0 Å². The lowest BCUT2D eigenvalue weighted by molar-refractivity contribution is 0.101. The minimum absolute atomic E-state index is 0.0251. The summed E-state index contributed by atoms with van der Waals surface area (Å²) in [6, 6.07) is 7.78. The lowest BCUT2D eigenvalue weighted by Crippen LogP contribution is -2.40. The molecule has 1 saturated heterocycles. The monoisotopic (exact) mass is 287 g/mol. The molecule has 3 rings (SSSR count). The summed E-state index contributed by atoms with van der Waals surface area (Å²) in [4.78, 5) is 25.6. The van der Waals surface area contributed by atoms with Gasteiger partial charge in [0.05, 0.1) is 0 Å². The van der Waals surface area contributed by atoms with E-state index in [1.807, 2.05) is 0 Å². The Labute approximate surface area is 124 Å². The predicted molar refractivity (Wildman–Crippen MR) is 81.6 cm³/mol. The largest absolute Gasteiger partial charge is 0.334 e. The summed E-state index contributed by atoms with van der Waals surface area (Å²) in [5, 5.41) is 5.83. The summed E-state index contributed by atoms with van der Waals surface area (Å²) >= 11 is 0. The molecule has 2 aliphatic rings. The van der Waals surface area contributed by atoms with Crippen molar-refractivity contribution in [3.63, 3.8) is 0 Å². The first-order valence-electron chi connectivity index (χ1n) is 7.54. The summed E-state index contributed by atoms with van der Waals surface area (Å²) in [6.07, 6.45) is 3.63. The molecule has 2 fully saturated rings. The Bertz CT molecular complexity index is 537. The number of rotatable bonds is 4. The molecule has 2 N–H and O–H groups in total. The Kier molecular flexibility index (Phi) is 3.92. The van der Waals surface area contributed by atoms with Crippen LogP contribution in [0.1, 0.15) is 36.5 Å². The maximum absolute atomic E-state index is 12.0. The molecule has 1 heterocycles. The lowest BCUT2D eigenvalue weighted by Gasteiger charge is -2.16. The zero-order chi connectivity index (χ0) is 14.8. The molecule has 5 heteroatoms. The fourth-order valence-corrected chi connectivity index (χ4v) is 2.82. The number of carbonyl (C=O) groups is 2. The number of hydrogen-bond acceptors (Lipinski definition) is 3. The van der Waals surface area contributed by atoms with Gasteiger partial charge in [-0.25, -0.2) is 4.79 Å². The van der Waals surface area contributed by atoms with Crippen LogP contribution >= 0.6 is 0 Å². The van der Waals surface area contributed by atoms with Crippen LogP contribution in [0.4, 0.5) is 10.5 Å². The summed E-state index contributed by atoms with van der Waals surface area (Å²) in [5.74, 6) is 0.0251. The Morgan fingerprint density at radius 2 is 1.86 bits per heavy atom. The molecule has 112 valence electrons. The van der Waals surface area contributed by atoms with Crippen molar-refractivity contribution in [3.05, 3.63) is 29.8 Å². The quantitative estimate of drug-likeness (QED) is 0.835. The molecule has 0 aromatic heterocycles. The predicted octanol–water partition coefficient (Wildman–Crippen LogP) is 2.25. The Balaban J connectivity index is 1.48. The molecule has 0 spiro atoms. The highest BCUT2D eigenvalue weighted by molar-refractivity contribution is 5.95. The maximum Gasteiger partial charge on any atom is 0.319 e. The first-order chi connectivity index (χ1) is 10.1. The number of benzene rings is 1. The van der Waals surface area contributed by atoms with E-state index in [4.69, 9.17) is 0 Å². The van der Waals surface area contributed by atoms with E-state index in [1.165, 1.54) is 19.8 Å². The van der Waals surface area contributed by atoms with E-state index in [-0.39, 0.29) is 17.9 Å². The molecular formula is C16H21N3O2. The van der Waals surface area contributed by atoms with Crippen LogP contribution in [0.2, 0.25) is 0 Å². The van der Waals surface area contributed by atoms with Crippen molar-refractivity contribution in [2.45, 2.75) is 38.3 Å². The van der Waals surface area contributed by atoms with Gasteiger partial charge in [0.25, 0.3) is 0 Å². The van der Waals surface area contributed by atoms with E-state index in [0.29, 0.717) is 11.3 Å². The van der Waals surface area contributed by atoms with Gasteiger partial charge in [0.15, 0.2) is 5.78 Å². The minimum atomic E-state index is -0.173. The number of likely N-dealkylation sites (tertiary alicyclic amines) is 1. The highest BCUT2D eigenvalue weighted by atomic mass is 16.2. The normalized spacial score (nSPS) is 22.0. The van der Waals surface area contributed by atoms with Crippen LogP contribution in [-0.4, -0.2) is 41.9 Å². The van der Waals surface area contributed by atoms with E-state index in [2.05, 4.69) is 15.5 Å². The molecule has 21 heavy (non-hydrogen) atoms. The van der Waals surface area contributed by atoms with Crippen LogP contribution in [0, 0.1) is 0 Å². The van der Waals surface area contributed by atoms with Gasteiger partial charge in [-0.15, -0.1) is 0 Å². The Morgan fingerprint density at radius 3 is 2.48 bits per heavy atom. The van der Waals surface area contributed by atoms with E-state index in [9.17, 15) is 9.59 Å². The number of hydrogen-bond donors (Lipinski definition) is 2. The number of nitrogens with zero attached hydrogens (tertiary/aromatic N) is 1. The number of Topliss-reactive ketones (excluding diaryl/α,β-unsaturated/α-hetero) is 1. The molecule has 2 amide bonds. The number of urea groups is 1. The summed E-state index contributed by atoms with van der Waals surface area (Å²) in [5.41, 5.74) is 1.35. The van der Waals surface area contributed by atoms with Gasteiger partial charge in [-0.05, 0) is 50.5 Å². The van der Waals surface area contributed by atoms with Gasteiger partial charge < -0.3 is 10.6 Å². The number of ketones is 1. The second kappa shape index (κ2) is 5.85. The average molecular weight is 287 g/mol. The highest BCUT2D eigenvalue weighted by Crippen LogP contribution is 2.29. The SMILES string of the molecule is CC(=O)c1ccc(NC(=O)NC2CCN(C3CC3)C2)cc1. The van der Waals surface area contributed by atoms with Crippen molar-refractivity contribution in [2.24, 2.45) is 0 Å². The molecule has 1 saturated carbocycles. The summed E-state index contributed by atoms with van der Waals surface area (Å²) in [7, 11) is 0. The molecular weight excluding hydrogens is 266 g/mol. The van der Waals surface area contributed by atoms with Crippen molar-refractivity contribution in [1.82, 2.24) is 10.2 Å². The van der Waals surface area contributed by atoms with Crippen molar-refractivity contribution in [3.8, 4) is 0 Å². The van der Waals surface area contributed by atoms with Crippen LogP contribution < -0.4 is 10.6 Å². The summed E-state index contributed by atoms with van der Waals surface area (Å²) < 4.78 is 0. The van der Waals surface area contributed by atoms with Gasteiger partial charge in [-0.1, -0.05) is 0 Å². The maximum atomic E-state index is 12.0. The number of nitrogens with one attached hydrogen (secondary N) is 2. The molecule has 1 aliphatic carbocycles. The number of carbonyl (C=O) groups excluding carboxylic acids is 2. The van der Waals surface area contributed by atoms with Crippen LogP contribution in [0.25, 0.3) is 0 Å². The second-order valence-corrected chi connectivity index (χ2v) is 5.94. The van der Waals surface area contributed by atoms with Gasteiger partial charge in [-0.2, -0.15) is 0 Å². The average Bonchev–Trinajstić information content (AvgIpc) is 3.20. The standard InChI is InChI=1S/C16H21N3O2/c1-11(20)12-2-4-13(5-3-12)17-16(21)18-14-8-9-19(10-14)15-6-7-15/h2-5,14-15H,6-10H2,1H3,(H2,17,18,21). The van der Waals surface area contributed by atoms with Gasteiger partial charge in [0.1, 0.15) is 0 Å². The lowest BCUT2D eigenvalue weighted by atomic mass is 10.1. The molecule has 5 nitrogen and oxygen atoms in total. The van der Waals surface area contributed by atoms with Crippen LogP contribution in [0.15, 0.2) is 24.3 Å². The smallest absolute Gasteiger partial charge is 0.319 e. The fourth-order valence-electron chi connectivity index (χ4n) is 2.82. The molecule has 0 radical (unpaired) electrons. The molecule has 0 bridgehead atoms. The molecule has 1 atom stereocenters. The van der Waals surface area contributed by atoms with Gasteiger partial charge in [-0.3, -0.25) is 9.69 Å². The molecule has 1 unspecified atom stereocenters. The van der Waals surface area contributed by atoms with Gasteiger partial charge in [0.2, 0.25) is 0 Å². The third-order valence-electron chi connectivity index (χ3n) is 4.17. The van der Waals surface area contributed by atoms with Crippen LogP contribution in [0.5, 0.6) is 0 Å². The van der Waals surface area contributed by atoms with Crippen molar-refractivity contribution in [2.75, 3.05) is 18.4 Å². The van der Waals surface area contributed by atoms with E-state index in [1.54, 1.807) is 24.3 Å². The zero-order valence-electron chi connectivity index (χ0n) is 12.3. The Morgan fingerprint density at radius 1 is 1.14 bits per heavy atom. The molecule has 1 aromatic carbocycles. The minimum Gasteiger partial charge on any atom is -0.334 e. The van der Waals surface area contributed by atoms with E-state index < -0.39 is 0 Å². The van der Waals surface area contributed by atoms with Crippen LogP contribution in [-0.2, 0) is 0 Å². The van der Waals surface area contributed by atoms with Gasteiger partial charge >= 0.3 is 6.03 Å². The van der Waals surface area contributed by atoms with Crippen LogP contribution in [0.3, 0.4) is 0 Å². The second-order valence-electron chi connectivity index (χ2n) is 5.94. The third-order valence-corrected chi connectivity index (χ3v) is 4.17. The zero-order valence-corrected chi connectivity index (χ0v) is 12.3. The topological polar surface area (TPSA) is 61.4 Å². The van der Waals surface area contributed by atoms with Crippen molar-refractivity contribution >= 4 is 17.5 Å². The third kappa shape index (κ3) is 3.61. The summed E-state index contributed by atoms with van der Waals surface area (Å²) in [6.45, 7) is 3.57. The van der Waals surface area contributed by atoms with Crippen molar-refractivity contribution < 1.29 is 9.59 Å². The number of amides is 2. The fraction of sp³-hybridized carbons (Fsp3) is 0.500. The Hall–Kier alpha value is -1.88.